The molecule has 0 N–H and O–H groups in total. The Balaban J connectivity index is 1.77. The molecule has 2 aliphatic heterocycles. The van der Waals surface area contributed by atoms with Gasteiger partial charge in [-0.2, -0.15) is 17.0 Å². The normalized spacial score (nSPS) is 24.7. The van der Waals surface area contributed by atoms with Crippen LogP contribution in [0, 0.1) is 13.8 Å². The summed E-state index contributed by atoms with van der Waals surface area (Å²) in [5.41, 5.74) is 1.58. The van der Waals surface area contributed by atoms with Crippen molar-refractivity contribution in [3.63, 3.8) is 0 Å². The van der Waals surface area contributed by atoms with E-state index in [-0.39, 0.29) is 12.6 Å². The molecule has 0 amide bonds. The van der Waals surface area contributed by atoms with Crippen LogP contribution in [0.3, 0.4) is 0 Å². The van der Waals surface area contributed by atoms with Crippen molar-refractivity contribution in [2.75, 3.05) is 46.0 Å². The zero-order valence-electron chi connectivity index (χ0n) is 13.4. The van der Waals surface area contributed by atoms with Crippen LogP contribution >= 0.6 is 0 Å². The largest absolute Gasteiger partial charge is 0.379 e. The van der Waals surface area contributed by atoms with Crippen LogP contribution in [0.1, 0.15) is 23.3 Å². The Kier molecular flexibility index (Phi) is 4.93. The van der Waals surface area contributed by atoms with Crippen molar-refractivity contribution in [2.24, 2.45) is 0 Å². The Labute approximate surface area is 136 Å². The highest BCUT2D eigenvalue weighted by Gasteiger charge is 2.35. The van der Waals surface area contributed by atoms with E-state index in [1.807, 2.05) is 19.9 Å². The molecule has 9 heteroatoms. The van der Waals surface area contributed by atoms with Gasteiger partial charge in [0.15, 0.2) is 0 Å². The number of aryl methyl sites for hydroxylation is 2. The molecule has 0 spiro atoms. The molecule has 1 atom stereocenters. The van der Waals surface area contributed by atoms with Crippen LogP contribution in [-0.2, 0) is 19.7 Å². The molecule has 0 aromatic carbocycles. The van der Waals surface area contributed by atoms with E-state index >= 15 is 0 Å². The topological polar surface area (TPSA) is 84.9 Å². The fraction of sp³-hybridized carbons (Fsp3) is 0.714. The summed E-state index contributed by atoms with van der Waals surface area (Å²) in [4.78, 5) is 8.65. The van der Waals surface area contributed by atoms with Gasteiger partial charge in [-0.15, -0.1) is 0 Å². The van der Waals surface area contributed by atoms with Gasteiger partial charge in [0.2, 0.25) is 0 Å². The van der Waals surface area contributed by atoms with Crippen molar-refractivity contribution < 1.29 is 17.9 Å². The predicted octanol–water partition coefficient (Wildman–Crippen LogP) is 0.0437. The van der Waals surface area contributed by atoms with Crippen LogP contribution in [0.4, 0.5) is 0 Å². The lowest BCUT2D eigenvalue weighted by atomic mass is 10.2. The summed E-state index contributed by atoms with van der Waals surface area (Å²) in [5, 5.41) is 0. The van der Waals surface area contributed by atoms with Crippen LogP contribution in [0.5, 0.6) is 0 Å². The average Bonchev–Trinajstić information content (AvgIpc) is 2.55. The van der Waals surface area contributed by atoms with Gasteiger partial charge < -0.3 is 9.47 Å². The summed E-state index contributed by atoms with van der Waals surface area (Å²) >= 11 is 0. The zero-order valence-corrected chi connectivity index (χ0v) is 14.3. The van der Waals surface area contributed by atoms with Crippen LogP contribution < -0.4 is 0 Å². The first-order valence-corrected chi connectivity index (χ1v) is 9.13. The third kappa shape index (κ3) is 3.69. The first-order valence-electron chi connectivity index (χ1n) is 7.73. The van der Waals surface area contributed by atoms with Crippen LogP contribution in [0.25, 0.3) is 0 Å². The van der Waals surface area contributed by atoms with Gasteiger partial charge in [0.25, 0.3) is 10.2 Å². The van der Waals surface area contributed by atoms with E-state index in [0.29, 0.717) is 45.3 Å². The second kappa shape index (κ2) is 6.78. The van der Waals surface area contributed by atoms with Crippen molar-refractivity contribution >= 4 is 10.2 Å². The van der Waals surface area contributed by atoms with Gasteiger partial charge in [-0.3, -0.25) is 0 Å². The minimum absolute atomic E-state index is 0.273. The van der Waals surface area contributed by atoms with E-state index < -0.39 is 10.2 Å². The molecule has 1 aromatic rings. The van der Waals surface area contributed by atoms with Crippen molar-refractivity contribution in [1.29, 1.82) is 0 Å². The van der Waals surface area contributed by atoms with Crippen LogP contribution in [0.2, 0.25) is 0 Å². The first kappa shape index (κ1) is 16.7. The average molecular weight is 342 g/mol. The van der Waals surface area contributed by atoms with E-state index in [0.717, 1.165) is 11.4 Å². The predicted molar refractivity (Wildman–Crippen MR) is 83.1 cm³/mol. The standard InChI is InChI=1S/C14H22N4O4S/c1-11-9-13(16-12(2)15-11)14-10-18(5-8-22-14)23(19,20)17-3-6-21-7-4-17/h9,14H,3-8,10H2,1-2H3/t14-/m0/s1. The summed E-state index contributed by atoms with van der Waals surface area (Å²) < 4.78 is 39.5. The molecular formula is C14H22N4O4S. The third-order valence-electron chi connectivity index (χ3n) is 3.97. The molecule has 0 radical (unpaired) electrons. The van der Waals surface area contributed by atoms with Gasteiger partial charge in [0.05, 0.1) is 25.5 Å². The van der Waals surface area contributed by atoms with E-state index in [9.17, 15) is 8.42 Å². The molecule has 23 heavy (non-hydrogen) atoms. The van der Waals surface area contributed by atoms with Gasteiger partial charge >= 0.3 is 0 Å². The highest BCUT2D eigenvalue weighted by molar-refractivity contribution is 7.86. The molecule has 0 unspecified atom stereocenters. The highest BCUT2D eigenvalue weighted by atomic mass is 32.2. The minimum Gasteiger partial charge on any atom is -0.379 e. The molecule has 1 aromatic heterocycles. The van der Waals surface area contributed by atoms with Crippen molar-refractivity contribution in [2.45, 2.75) is 20.0 Å². The number of ether oxygens (including phenoxy) is 2. The Bertz CT molecular complexity index is 640. The molecule has 2 aliphatic rings. The number of rotatable bonds is 3. The summed E-state index contributed by atoms with van der Waals surface area (Å²) in [7, 11) is -3.48. The summed E-state index contributed by atoms with van der Waals surface area (Å²) in [6.07, 6.45) is -0.361. The number of aromatic nitrogens is 2. The Morgan fingerprint density at radius 1 is 1.09 bits per heavy atom. The van der Waals surface area contributed by atoms with Gasteiger partial charge in [-0.1, -0.05) is 0 Å². The lowest BCUT2D eigenvalue weighted by molar-refractivity contribution is -0.00862. The summed E-state index contributed by atoms with van der Waals surface area (Å²) in [6, 6.07) is 1.85. The number of hydrogen-bond donors (Lipinski definition) is 0. The maximum atomic E-state index is 12.8. The highest BCUT2D eigenvalue weighted by Crippen LogP contribution is 2.24. The van der Waals surface area contributed by atoms with Crippen molar-refractivity contribution in [3.8, 4) is 0 Å². The monoisotopic (exact) mass is 342 g/mol. The second-order valence-electron chi connectivity index (χ2n) is 5.72. The SMILES string of the molecule is Cc1cc([C@@H]2CN(S(=O)(=O)N3CCOCC3)CCO2)nc(C)n1. The Morgan fingerprint density at radius 2 is 1.78 bits per heavy atom. The number of nitrogens with zero attached hydrogens (tertiary/aromatic N) is 4. The summed E-state index contributed by atoms with van der Waals surface area (Å²) in [5.74, 6) is 0.664. The maximum absolute atomic E-state index is 12.8. The van der Waals surface area contributed by atoms with Gasteiger partial charge in [0, 0.05) is 31.9 Å². The molecule has 0 saturated carbocycles. The Morgan fingerprint density at radius 3 is 2.48 bits per heavy atom. The van der Waals surface area contributed by atoms with Crippen molar-refractivity contribution in [3.05, 3.63) is 23.3 Å². The fourth-order valence-corrected chi connectivity index (χ4v) is 4.43. The van der Waals surface area contributed by atoms with Gasteiger partial charge in [0.1, 0.15) is 11.9 Å². The third-order valence-corrected chi connectivity index (χ3v) is 5.97. The smallest absolute Gasteiger partial charge is 0.282 e. The van der Waals surface area contributed by atoms with E-state index in [4.69, 9.17) is 9.47 Å². The van der Waals surface area contributed by atoms with E-state index in [1.165, 1.54) is 8.61 Å². The van der Waals surface area contributed by atoms with Crippen LogP contribution in [-0.4, -0.2) is 73.0 Å². The van der Waals surface area contributed by atoms with Gasteiger partial charge in [-0.05, 0) is 19.9 Å². The zero-order chi connectivity index (χ0) is 16.4. The molecule has 2 saturated heterocycles. The molecule has 128 valence electrons. The van der Waals surface area contributed by atoms with E-state index in [1.54, 1.807) is 0 Å². The molecule has 0 bridgehead atoms. The fourth-order valence-electron chi connectivity index (χ4n) is 2.87. The van der Waals surface area contributed by atoms with E-state index in [2.05, 4.69) is 9.97 Å². The van der Waals surface area contributed by atoms with Gasteiger partial charge in [-0.25, -0.2) is 9.97 Å². The second-order valence-corrected chi connectivity index (χ2v) is 7.65. The molecule has 3 heterocycles. The molecular weight excluding hydrogens is 320 g/mol. The maximum Gasteiger partial charge on any atom is 0.282 e. The lowest BCUT2D eigenvalue weighted by Crippen LogP contribution is -2.52. The number of morpholine rings is 2. The van der Waals surface area contributed by atoms with Crippen LogP contribution in [0.15, 0.2) is 6.07 Å². The lowest BCUT2D eigenvalue weighted by Gasteiger charge is -2.36. The number of hydrogen-bond acceptors (Lipinski definition) is 6. The van der Waals surface area contributed by atoms with Crippen molar-refractivity contribution in [1.82, 2.24) is 18.6 Å². The molecule has 2 fully saturated rings. The first-order chi connectivity index (χ1) is 11.0. The molecule has 8 nitrogen and oxygen atoms in total. The molecule has 0 aliphatic carbocycles. The Hall–Kier alpha value is -1.13. The minimum atomic E-state index is -3.48. The molecule has 3 rings (SSSR count). The quantitative estimate of drug-likeness (QED) is 0.771. The summed E-state index contributed by atoms with van der Waals surface area (Å²) in [6.45, 7) is 6.39.